The topological polar surface area (TPSA) is 30.0 Å². The summed E-state index contributed by atoms with van der Waals surface area (Å²) in [7, 11) is 0. The minimum Gasteiger partial charge on any atom is -0.299 e. The molecule has 0 amide bonds. The molecule has 0 aromatic carbocycles. The van der Waals surface area contributed by atoms with E-state index >= 15 is 0 Å². The third-order valence-electron chi connectivity index (χ3n) is 3.65. The average molecular weight is 237 g/mol. The summed E-state index contributed by atoms with van der Waals surface area (Å²) in [5.41, 5.74) is 0. The maximum atomic E-state index is 11.9. The van der Waals surface area contributed by atoms with Crippen LogP contribution < -0.4 is 0 Å². The van der Waals surface area contributed by atoms with E-state index in [1.54, 1.807) is 11.3 Å². The first-order valence-corrected chi connectivity index (χ1v) is 6.96. The molecule has 1 aliphatic carbocycles. The lowest BCUT2D eigenvalue weighted by Crippen LogP contribution is -2.28. The third kappa shape index (κ3) is 2.70. The number of ketones is 1. The monoisotopic (exact) mass is 237 g/mol. The molecule has 88 valence electrons. The maximum absolute atomic E-state index is 11.9. The van der Waals surface area contributed by atoms with Crippen LogP contribution in [0.25, 0.3) is 0 Å². The van der Waals surface area contributed by atoms with E-state index in [-0.39, 0.29) is 5.92 Å². The fraction of sp³-hybridized carbons (Fsp3) is 0.692. The largest absolute Gasteiger partial charge is 0.299 e. The van der Waals surface area contributed by atoms with Crippen LogP contribution in [0.1, 0.15) is 38.1 Å². The van der Waals surface area contributed by atoms with E-state index in [1.165, 1.54) is 0 Å². The van der Waals surface area contributed by atoms with Gasteiger partial charge in [-0.1, -0.05) is 13.8 Å². The van der Waals surface area contributed by atoms with Gasteiger partial charge in [-0.05, 0) is 24.7 Å². The molecule has 16 heavy (non-hydrogen) atoms. The smallest absolute Gasteiger partial charge is 0.136 e. The third-order valence-corrected chi connectivity index (χ3v) is 4.45. The summed E-state index contributed by atoms with van der Waals surface area (Å²) in [6.45, 7) is 4.53. The van der Waals surface area contributed by atoms with Crippen LogP contribution in [0.4, 0.5) is 0 Å². The van der Waals surface area contributed by atoms with Gasteiger partial charge >= 0.3 is 0 Å². The molecule has 1 saturated carbocycles. The van der Waals surface area contributed by atoms with E-state index in [0.29, 0.717) is 11.7 Å². The highest BCUT2D eigenvalue weighted by Gasteiger charge is 2.30. The van der Waals surface area contributed by atoms with Crippen molar-refractivity contribution in [3.05, 3.63) is 16.6 Å². The van der Waals surface area contributed by atoms with Crippen LogP contribution in [0.2, 0.25) is 0 Å². The van der Waals surface area contributed by atoms with Crippen molar-refractivity contribution in [1.82, 2.24) is 4.98 Å². The Hall–Kier alpha value is -0.700. The first kappa shape index (κ1) is 11.8. The molecule has 2 atom stereocenters. The fourth-order valence-corrected chi connectivity index (χ4v) is 3.21. The zero-order chi connectivity index (χ0) is 11.5. The van der Waals surface area contributed by atoms with Crippen molar-refractivity contribution < 1.29 is 4.79 Å². The van der Waals surface area contributed by atoms with Crippen molar-refractivity contribution in [2.45, 2.75) is 39.5 Å². The Labute approximate surface area is 101 Å². The molecule has 3 heteroatoms. The normalized spacial score (nSPS) is 26.3. The highest BCUT2D eigenvalue weighted by atomic mass is 32.1. The number of carbonyl (C=O) groups is 1. The molecule has 0 aliphatic heterocycles. The molecule has 0 spiro atoms. The van der Waals surface area contributed by atoms with Crippen LogP contribution in [0.5, 0.6) is 0 Å². The van der Waals surface area contributed by atoms with E-state index in [4.69, 9.17) is 0 Å². The van der Waals surface area contributed by atoms with Crippen LogP contribution in [0.3, 0.4) is 0 Å². The van der Waals surface area contributed by atoms with Crippen molar-refractivity contribution >= 4 is 17.1 Å². The van der Waals surface area contributed by atoms with Crippen molar-refractivity contribution in [3.8, 4) is 0 Å². The number of thiazole rings is 1. The standard InChI is InChI=1S/C13H19NOS/c1-9(2)10-3-4-12(15)11(7-10)8-13-14-5-6-16-13/h5-6,9-11H,3-4,7-8H2,1-2H3. The zero-order valence-electron chi connectivity index (χ0n) is 9.98. The predicted molar refractivity (Wildman–Crippen MR) is 66.5 cm³/mol. The van der Waals surface area contributed by atoms with Gasteiger partial charge in [-0.15, -0.1) is 11.3 Å². The van der Waals surface area contributed by atoms with E-state index in [9.17, 15) is 4.79 Å². The van der Waals surface area contributed by atoms with Crippen molar-refractivity contribution in [2.75, 3.05) is 0 Å². The van der Waals surface area contributed by atoms with Gasteiger partial charge in [-0.3, -0.25) is 4.79 Å². The number of hydrogen-bond donors (Lipinski definition) is 0. The molecule has 0 saturated heterocycles. The lowest BCUT2D eigenvalue weighted by Gasteiger charge is -2.30. The van der Waals surface area contributed by atoms with Crippen LogP contribution >= 0.6 is 11.3 Å². The molecule has 1 heterocycles. The summed E-state index contributed by atoms with van der Waals surface area (Å²) >= 11 is 1.66. The summed E-state index contributed by atoms with van der Waals surface area (Å²) in [6, 6.07) is 0. The number of Topliss-reactive ketones (excluding diaryl/α,β-unsaturated/α-hetero) is 1. The Morgan fingerprint density at radius 1 is 1.56 bits per heavy atom. The van der Waals surface area contributed by atoms with Gasteiger partial charge in [0, 0.05) is 30.3 Å². The van der Waals surface area contributed by atoms with Gasteiger partial charge in [0.25, 0.3) is 0 Å². The first-order valence-electron chi connectivity index (χ1n) is 6.08. The molecule has 1 aliphatic rings. The molecule has 2 nitrogen and oxygen atoms in total. The highest BCUT2D eigenvalue weighted by Crippen LogP contribution is 2.33. The SMILES string of the molecule is CC(C)C1CCC(=O)C(Cc2nccs2)C1. The van der Waals surface area contributed by atoms with Crippen LogP contribution in [-0.2, 0) is 11.2 Å². The summed E-state index contributed by atoms with van der Waals surface area (Å²) in [4.78, 5) is 16.1. The molecule has 0 N–H and O–H groups in total. The fourth-order valence-electron chi connectivity index (χ4n) is 2.51. The quantitative estimate of drug-likeness (QED) is 0.807. The second kappa shape index (κ2) is 5.09. The zero-order valence-corrected chi connectivity index (χ0v) is 10.8. The number of hydrogen-bond acceptors (Lipinski definition) is 3. The molecule has 0 bridgehead atoms. The van der Waals surface area contributed by atoms with Gasteiger partial charge in [0.15, 0.2) is 0 Å². The minimum absolute atomic E-state index is 0.229. The predicted octanol–water partition coefficient (Wildman–Crippen LogP) is 3.33. The molecule has 2 unspecified atom stereocenters. The Morgan fingerprint density at radius 2 is 2.38 bits per heavy atom. The van der Waals surface area contributed by atoms with Gasteiger partial charge in [0.05, 0.1) is 5.01 Å². The average Bonchev–Trinajstić information content (AvgIpc) is 2.73. The van der Waals surface area contributed by atoms with Gasteiger partial charge in [0.2, 0.25) is 0 Å². The van der Waals surface area contributed by atoms with Crippen LogP contribution in [-0.4, -0.2) is 10.8 Å². The van der Waals surface area contributed by atoms with Gasteiger partial charge in [-0.2, -0.15) is 0 Å². The van der Waals surface area contributed by atoms with E-state index in [2.05, 4.69) is 18.8 Å². The molecule has 1 aromatic rings. The summed E-state index contributed by atoms with van der Waals surface area (Å²) in [5.74, 6) is 2.11. The van der Waals surface area contributed by atoms with Crippen molar-refractivity contribution in [3.63, 3.8) is 0 Å². The minimum atomic E-state index is 0.229. The van der Waals surface area contributed by atoms with Gasteiger partial charge in [0.1, 0.15) is 5.78 Å². The highest BCUT2D eigenvalue weighted by molar-refractivity contribution is 7.09. The summed E-state index contributed by atoms with van der Waals surface area (Å²) < 4.78 is 0. The second-order valence-electron chi connectivity index (χ2n) is 5.07. The van der Waals surface area contributed by atoms with Gasteiger partial charge < -0.3 is 0 Å². The van der Waals surface area contributed by atoms with Crippen LogP contribution in [0, 0.1) is 17.8 Å². The van der Waals surface area contributed by atoms with E-state index in [0.717, 1.165) is 36.6 Å². The molecule has 1 aromatic heterocycles. The lowest BCUT2D eigenvalue weighted by atomic mass is 9.74. The van der Waals surface area contributed by atoms with E-state index < -0.39 is 0 Å². The number of aromatic nitrogens is 1. The Morgan fingerprint density at radius 3 is 3.00 bits per heavy atom. The lowest BCUT2D eigenvalue weighted by molar-refractivity contribution is -0.125. The molecular weight excluding hydrogens is 218 g/mol. The van der Waals surface area contributed by atoms with Gasteiger partial charge in [-0.25, -0.2) is 4.98 Å². The number of rotatable bonds is 3. The number of nitrogens with zero attached hydrogens (tertiary/aromatic N) is 1. The molecule has 1 fully saturated rings. The van der Waals surface area contributed by atoms with Crippen molar-refractivity contribution in [2.24, 2.45) is 17.8 Å². The Balaban J connectivity index is 1.99. The van der Waals surface area contributed by atoms with Crippen molar-refractivity contribution in [1.29, 1.82) is 0 Å². The first-order chi connectivity index (χ1) is 7.66. The number of carbonyl (C=O) groups excluding carboxylic acids is 1. The molecular formula is C13H19NOS. The summed E-state index contributed by atoms with van der Waals surface area (Å²) in [5, 5.41) is 3.10. The molecule has 2 rings (SSSR count). The Bertz CT molecular complexity index is 345. The Kier molecular flexibility index (Phi) is 3.74. The maximum Gasteiger partial charge on any atom is 0.136 e. The summed E-state index contributed by atoms with van der Waals surface area (Å²) in [6.07, 6.45) is 5.62. The molecule has 0 radical (unpaired) electrons. The van der Waals surface area contributed by atoms with E-state index in [1.807, 2.05) is 11.6 Å². The van der Waals surface area contributed by atoms with Crippen LogP contribution in [0.15, 0.2) is 11.6 Å². The second-order valence-corrected chi connectivity index (χ2v) is 6.05.